The summed E-state index contributed by atoms with van der Waals surface area (Å²) in [6.45, 7) is 4.92. The van der Waals surface area contributed by atoms with Crippen LogP contribution in [0.15, 0.2) is 91.6 Å². The Kier molecular flexibility index (Phi) is 6.24. The van der Waals surface area contributed by atoms with Crippen LogP contribution < -0.4 is 5.73 Å². The minimum atomic E-state index is -0.361. The zero-order chi connectivity index (χ0) is 22.5. The van der Waals surface area contributed by atoms with Gasteiger partial charge in [0, 0.05) is 5.56 Å². The van der Waals surface area contributed by atoms with Gasteiger partial charge >= 0.3 is 0 Å². The Bertz CT molecular complexity index is 1250. The summed E-state index contributed by atoms with van der Waals surface area (Å²) in [5.41, 5.74) is 10.2. The fraction of sp³-hybridized carbons (Fsp3) is 0.0769. The van der Waals surface area contributed by atoms with Crippen molar-refractivity contribution >= 4 is 17.2 Å². The predicted molar refractivity (Wildman–Crippen MR) is 123 cm³/mol. The summed E-state index contributed by atoms with van der Waals surface area (Å²) in [6.07, 6.45) is 1.42. The highest BCUT2D eigenvalue weighted by atomic mass is 19.1. The van der Waals surface area contributed by atoms with Crippen molar-refractivity contribution in [3.63, 3.8) is 0 Å². The molecule has 1 aromatic heterocycles. The van der Waals surface area contributed by atoms with Gasteiger partial charge < -0.3 is 10.5 Å². The molecule has 0 fully saturated rings. The number of aromatic nitrogens is 2. The molecule has 0 aliphatic heterocycles. The van der Waals surface area contributed by atoms with Gasteiger partial charge in [-0.3, -0.25) is 4.79 Å². The van der Waals surface area contributed by atoms with Gasteiger partial charge in [-0.15, -0.1) is 0 Å². The van der Waals surface area contributed by atoms with Crippen LogP contribution in [0.3, 0.4) is 0 Å². The van der Waals surface area contributed by atoms with Gasteiger partial charge in [-0.05, 0) is 47.0 Å². The number of hydrogen-bond donors (Lipinski definition) is 1. The Labute approximate surface area is 185 Å². The molecule has 4 rings (SSSR count). The van der Waals surface area contributed by atoms with E-state index >= 15 is 0 Å². The summed E-state index contributed by atoms with van der Waals surface area (Å²) in [6, 6.07) is 22.8. The van der Waals surface area contributed by atoms with Crippen molar-refractivity contribution in [3.05, 3.63) is 120 Å². The second-order valence-electron chi connectivity index (χ2n) is 7.32. The molecule has 0 saturated carbocycles. The molecule has 6 heteroatoms. The average Bonchev–Trinajstić information content (AvgIpc) is 3.21. The van der Waals surface area contributed by atoms with E-state index in [1.165, 1.54) is 23.0 Å². The summed E-state index contributed by atoms with van der Waals surface area (Å²) in [5, 5.41) is 4.20. The number of ether oxygens (including phenoxy) is 1. The van der Waals surface area contributed by atoms with Crippen LogP contribution in [0.25, 0.3) is 11.3 Å². The van der Waals surface area contributed by atoms with Gasteiger partial charge in [0.1, 0.15) is 11.6 Å². The molecule has 0 amide bonds. The number of nitrogens with two attached hydrogens (primary N) is 1. The van der Waals surface area contributed by atoms with Crippen LogP contribution >= 0.6 is 0 Å². The SMILES string of the molecule is C=C(COCc1ccccc1)c1cccc(C(=O)c2cnn(-c3ccc(F)cc3)c2N)c1. The van der Waals surface area contributed by atoms with Crippen molar-refractivity contribution in [1.29, 1.82) is 0 Å². The quantitative estimate of drug-likeness (QED) is 0.399. The van der Waals surface area contributed by atoms with Crippen LogP contribution in [0.5, 0.6) is 0 Å². The predicted octanol–water partition coefficient (Wildman–Crippen LogP) is 5.05. The van der Waals surface area contributed by atoms with Gasteiger partial charge in [-0.1, -0.05) is 55.1 Å². The number of hydrogen-bond acceptors (Lipinski definition) is 4. The summed E-state index contributed by atoms with van der Waals surface area (Å²) in [4.78, 5) is 13.1. The summed E-state index contributed by atoms with van der Waals surface area (Å²) < 4.78 is 20.4. The highest BCUT2D eigenvalue weighted by Crippen LogP contribution is 2.22. The number of anilines is 1. The maximum absolute atomic E-state index is 13.2. The molecule has 0 saturated heterocycles. The monoisotopic (exact) mass is 427 g/mol. The molecule has 0 unspecified atom stereocenters. The van der Waals surface area contributed by atoms with Crippen molar-refractivity contribution in [3.8, 4) is 5.69 Å². The van der Waals surface area contributed by atoms with E-state index in [0.717, 1.165) is 16.7 Å². The molecule has 3 aromatic carbocycles. The van der Waals surface area contributed by atoms with E-state index in [1.54, 1.807) is 30.3 Å². The Morgan fingerprint density at radius 1 is 1.00 bits per heavy atom. The van der Waals surface area contributed by atoms with Crippen molar-refractivity contribution in [1.82, 2.24) is 9.78 Å². The normalized spacial score (nSPS) is 10.8. The second-order valence-corrected chi connectivity index (χ2v) is 7.32. The Hall–Kier alpha value is -4.03. The highest BCUT2D eigenvalue weighted by molar-refractivity contribution is 6.12. The third kappa shape index (κ3) is 4.66. The Morgan fingerprint density at radius 3 is 2.47 bits per heavy atom. The number of rotatable bonds is 8. The first-order valence-electron chi connectivity index (χ1n) is 10.1. The van der Waals surface area contributed by atoms with Crippen LogP contribution in [0.2, 0.25) is 0 Å². The topological polar surface area (TPSA) is 70.1 Å². The lowest BCUT2D eigenvalue weighted by atomic mass is 10.00. The van der Waals surface area contributed by atoms with Crippen LogP contribution in [-0.4, -0.2) is 22.2 Å². The number of nitrogen functional groups attached to an aromatic ring is 1. The smallest absolute Gasteiger partial charge is 0.198 e. The molecule has 32 heavy (non-hydrogen) atoms. The molecule has 0 spiro atoms. The van der Waals surface area contributed by atoms with Gasteiger partial charge in [-0.2, -0.15) is 5.10 Å². The lowest BCUT2D eigenvalue weighted by Crippen LogP contribution is -2.08. The van der Waals surface area contributed by atoms with Crippen LogP contribution in [0.1, 0.15) is 27.0 Å². The number of carbonyl (C=O) groups excluding carboxylic acids is 1. The van der Waals surface area contributed by atoms with Gasteiger partial charge in [0.25, 0.3) is 0 Å². The molecular formula is C26H22FN3O2. The van der Waals surface area contributed by atoms with E-state index in [-0.39, 0.29) is 23.0 Å². The van der Waals surface area contributed by atoms with E-state index in [9.17, 15) is 9.18 Å². The van der Waals surface area contributed by atoms with Crippen LogP contribution in [0, 0.1) is 5.82 Å². The molecule has 5 nitrogen and oxygen atoms in total. The molecule has 0 atom stereocenters. The second kappa shape index (κ2) is 9.41. The van der Waals surface area contributed by atoms with Gasteiger partial charge in [0.15, 0.2) is 5.78 Å². The largest absolute Gasteiger partial charge is 0.383 e. The summed E-state index contributed by atoms with van der Waals surface area (Å²) >= 11 is 0. The zero-order valence-electron chi connectivity index (χ0n) is 17.4. The molecule has 0 radical (unpaired) electrons. The number of carbonyl (C=O) groups is 1. The zero-order valence-corrected chi connectivity index (χ0v) is 17.4. The fourth-order valence-corrected chi connectivity index (χ4v) is 3.31. The van der Waals surface area contributed by atoms with Gasteiger partial charge in [0.05, 0.1) is 30.7 Å². The van der Waals surface area contributed by atoms with Crippen molar-refractivity contribution in [2.45, 2.75) is 6.61 Å². The molecular weight excluding hydrogens is 405 g/mol. The molecule has 4 aromatic rings. The van der Waals surface area contributed by atoms with Crippen LogP contribution in [-0.2, 0) is 11.3 Å². The van der Waals surface area contributed by atoms with E-state index in [4.69, 9.17) is 10.5 Å². The van der Waals surface area contributed by atoms with Crippen molar-refractivity contribution in [2.24, 2.45) is 0 Å². The van der Waals surface area contributed by atoms with Gasteiger partial charge in [-0.25, -0.2) is 9.07 Å². The standard InChI is InChI=1S/C26H22FN3O2/c1-18(16-32-17-19-6-3-2-4-7-19)20-8-5-9-21(14-20)25(31)24-15-29-30(26(24)28)23-12-10-22(27)11-13-23/h2-15H,1,16-17,28H2. The number of halogens is 1. The molecule has 1 heterocycles. The maximum Gasteiger partial charge on any atom is 0.198 e. The summed E-state index contributed by atoms with van der Waals surface area (Å²) in [7, 11) is 0. The first kappa shape index (κ1) is 21.2. The third-order valence-electron chi connectivity index (χ3n) is 5.04. The molecule has 0 aliphatic carbocycles. The Balaban J connectivity index is 1.47. The Morgan fingerprint density at radius 2 is 1.72 bits per heavy atom. The minimum absolute atomic E-state index is 0.192. The number of ketones is 1. The lowest BCUT2D eigenvalue weighted by Gasteiger charge is -2.09. The van der Waals surface area contributed by atoms with E-state index in [0.29, 0.717) is 24.5 Å². The first-order valence-corrected chi connectivity index (χ1v) is 10.1. The van der Waals surface area contributed by atoms with E-state index in [2.05, 4.69) is 11.7 Å². The third-order valence-corrected chi connectivity index (χ3v) is 5.04. The molecule has 0 bridgehead atoms. The van der Waals surface area contributed by atoms with E-state index < -0.39 is 0 Å². The minimum Gasteiger partial charge on any atom is -0.383 e. The van der Waals surface area contributed by atoms with E-state index in [1.807, 2.05) is 36.4 Å². The molecule has 2 N–H and O–H groups in total. The summed E-state index contributed by atoms with van der Waals surface area (Å²) in [5.74, 6) is -0.423. The number of nitrogens with zero attached hydrogens (tertiary/aromatic N) is 2. The fourth-order valence-electron chi connectivity index (χ4n) is 3.31. The lowest BCUT2D eigenvalue weighted by molar-refractivity contribution is 0.103. The highest BCUT2D eigenvalue weighted by Gasteiger charge is 2.18. The number of benzene rings is 3. The van der Waals surface area contributed by atoms with Crippen molar-refractivity contribution in [2.75, 3.05) is 12.3 Å². The maximum atomic E-state index is 13.2. The molecule has 0 aliphatic rings. The van der Waals surface area contributed by atoms with Crippen molar-refractivity contribution < 1.29 is 13.9 Å². The first-order chi connectivity index (χ1) is 15.5. The van der Waals surface area contributed by atoms with Gasteiger partial charge in [0.2, 0.25) is 0 Å². The average molecular weight is 427 g/mol. The van der Waals surface area contributed by atoms with Crippen LogP contribution in [0.4, 0.5) is 10.2 Å². The molecule has 160 valence electrons.